The second kappa shape index (κ2) is 16.0. The molecular weight excluding hydrogens is 532 g/mol. The van der Waals surface area contributed by atoms with Crippen LogP contribution >= 0.6 is 0 Å². The fourth-order valence-corrected chi connectivity index (χ4v) is 3.72. The van der Waals surface area contributed by atoms with Crippen molar-refractivity contribution < 1.29 is 42.9 Å². The van der Waals surface area contributed by atoms with Gasteiger partial charge >= 0.3 is 24.0 Å². The summed E-state index contributed by atoms with van der Waals surface area (Å²) in [5.41, 5.74) is -0.262. The average Bonchev–Trinajstić information content (AvgIpc) is 2.81. The predicted molar refractivity (Wildman–Crippen MR) is 152 cm³/mol. The molecule has 0 aliphatic carbocycles. The Morgan fingerprint density at radius 3 is 1.95 bits per heavy atom. The fraction of sp³-hybridized carbons (Fsp3) is 0.633. The molecule has 1 rings (SSSR count). The molecule has 0 heterocycles. The van der Waals surface area contributed by atoms with Gasteiger partial charge in [-0.3, -0.25) is 14.4 Å². The molecule has 0 aliphatic heterocycles. The van der Waals surface area contributed by atoms with E-state index in [-0.39, 0.29) is 18.9 Å². The first-order valence-corrected chi connectivity index (χ1v) is 13.7. The zero-order valence-electron chi connectivity index (χ0n) is 25.8. The molecule has 0 saturated carbocycles. The highest BCUT2D eigenvalue weighted by atomic mass is 16.6. The van der Waals surface area contributed by atoms with Crippen molar-refractivity contribution in [2.24, 2.45) is 0 Å². The van der Waals surface area contributed by atoms with Crippen molar-refractivity contribution in [3.05, 3.63) is 35.4 Å². The number of hydrogen-bond donors (Lipinski definition) is 1. The topological polar surface area (TPSA) is 138 Å². The van der Waals surface area contributed by atoms with Gasteiger partial charge in [0.25, 0.3) is 0 Å². The third-order valence-corrected chi connectivity index (χ3v) is 5.47. The summed E-state index contributed by atoms with van der Waals surface area (Å²) in [7, 11) is 1.64. The van der Waals surface area contributed by atoms with Crippen LogP contribution < -0.4 is 5.32 Å². The minimum atomic E-state index is -0.917. The molecule has 2 atom stereocenters. The van der Waals surface area contributed by atoms with E-state index in [0.717, 1.165) is 5.56 Å². The fourth-order valence-electron chi connectivity index (χ4n) is 3.72. The number of carbonyl (C=O) groups excluding carboxylic acids is 5. The van der Waals surface area contributed by atoms with Gasteiger partial charge in [-0.25, -0.2) is 9.59 Å². The highest BCUT2D eigenvalue weighted by molar-refractivity contribution is 5.90. The number of alkyl carbamates (subject to hydrolysis) is 1. The average molecular weight is 579 g/mol. The molecule has 0 bridgehead atoms. The maximum atomic E-state index is 13.4. The quantitative estimate of drug-likeness (QED) is 0.207. The lowest BCUT2D eigenvalue weighted by Gasteiger charge is -2.27. The summed E-state index contributed by atoms with van der Waals surface area (Å²) < 4.78 is 20.9. The molecule has 0 aliphatic rings. The highest BCUT2D eigenvalue weighted by Crippen LogP contribution is 2.15. The molecule has 1 N–H and O–H groups in total. The molecule has 0 spiro atoms. The minimum Gasteiger partial charge on any atom is -0.462 e. The Balaban J connectivity index is 2.88. The zero-order valence-corrected chi connectivity index (χ0v) is 25.8. The minimum absolute atomic E-state index is 0.0295. The summed E-state index contributed by atoms with van der Waals surface area (Å²) in [4.78, 5) is 62.3. The van der Waals surface area contributed by atoms with Gasteiger partial charge in [0.05, 0.1) is 5.56 Å². The van der Waals surface area contributed by atoms with Crippen molar-refractivity contribution in [1.29, 1.82) is 0 Å². The number of carbonyl (C=O) groups is 5. The Labute approximate surface area is 243 Å². The maximum absolute atomic E-state index is 13.4. The van der Waals surface area contributed by atoms with E-state index in [4.69, 9.17) is 18.9 Å². The Hall–Kier alpha value is -3.63. The van der Waals surface area contributed by atoms with E-state index < -0.39 is 47.3 Å². The number of nitrogens with one attached hydrogen (secondary N) is 1. The van der Waals surface area contributed by atoms with Gasteiger partial charge < -0.3 is 29.2 Å². The van der Waals surface area contributed by atoms with Gasteiger partial charge in [-0.1, -0.05) is 12.1 Å². The van der Waals surface area contributed by atoms with Crippen molar-refractivity contribution in [1.82, 2.24) is 10.2 Å². The van der Waals surface area contributed by atoms with Gasteiger partial charge in [-0.05, 0) is 78.5 Å². The lowest BCUT2D eigenvalue weighted by atomic mass is 10.0. The second-order valence-electron chi connectivity index (χ2n) is 11.9. The van der Waals surface area contributed by atoms with Crippen LogP contribution in [-0.4, -0.2) is 78.4 Å². The number of benzene rings is 1. The van der Waals surface area contributed by atoms with Crippen LogP contribution in [0, 0.1) is 0 Å². The Morgan fingerprint density at radius 2 is 1.44 bits per heavy atom. The largest absolute Gasteiger partial charge is 0.462 e. The number of esters is 3. The smallest absolute Gasteiger partial charge is 0.408 e. The van der Waals surface area contributed by atoms with E-state index >= 15 is 0 Å². The van der Waals surface area contributed by atoms with Crippen LogP contribution in [0.25, 0.3) is 0 Å². The molecule has 0 radical (unpaired) electrons. The number of nitrogens with zero attached hydrogens (tertiary/aromatic N) is 1. The number of unbranched alkanes of at least 4 members (excludes halogenated alkanes) is 1. The predicted octanol–water partition coefficient (Wildman–Crippen LogP) is 4.20. The van der Waals surface area contributed by atoms with E-state index in [0.29, 0.717) is 31.4 Å². The van der Waals surface area contributed by atoms with Crippen molar-refractivity contribution in [3.8, 4) is 0 Å². The molecule has 0 fully saturated rings. The van der Waals surface area contributed by atoms with Gasteiger partial charge in [0, 0.05) is 33.9 Å². The van der Waals surface area contributed by atoms with Crippen molar-refractivity contribution in [2.75, 3.05) is 20.2 Å². The molecule has 41 heavy (non-hydrogen) atoms. The van der Waals surface area contributed by atoms with Crippen LogP contribution in [0.3, 0.4) is 0 Å². The number of ether oxygens (including phenoxy) is 4. The summed E-state index contributed by atoms with van der Waals surface area (Å²) in [6.07, 6.45) is 0.538. The zero-order chi connectivity index (χ0) is 31.4. The summed E-state index contributed by atoms with van der Waals surface area (Å²) >= 11 is 0. The number of likely N-dealkylation sites (N-methyl/N-ethyl adjacent to an activating group) is 1. The first-order valence-electron chi connectivity index (χ1n) is 13.7. The van der Waals surface area contributed by atoms with Gasteiger partial charge in [0.15, 0.2) is 0 Å². The molecule has 1 aromatic rings. The standard InChI is InChI=1S/C30H46N2O9/c1-20(33)38-19-24(39-21(2)34)12-10-11-17-32(9)26(35)25(31-28(37)41-30(6,7)8)18-22-13-15-23(16-14-22)27(36)40-29(3,4)5/h13-16,24-25H,10-12,17-19H2,1-9H3,(H,31,37). The molecular formula is C30H46N2O9. The normalized spacial score (nSPS) is 12.9. The van der Waals surface area contributed by atoms with Gasteiger partial charge in [0.2, 0.25) is 5.91 Å². The number of amides is 2. The molecule has 0 saturated heterocycles. The Bertz CT molecular complexity index is 1040. The van der Waals surface area contributed by atoms with Crippen LogP contribution in [0.2, 0.25) is 0 Å². The lowest BCUT2D eigenvalue weighted by molar-refractivity contribution is -0.156. The molecule has 11 heteroatoms. The first kappa shape index (κ1) is 35.4. The van der Waals surface area contributed by atoms with Crippen LogP contribution in [-0.2, 0) is 39.8 Å². The second-order valence-corrected chi connectivity index (χ2v) is 11.9. The van der Waals surface area contributed by atoms with E-state index in [1.54, 1.807) is 72.9 Å². The summed E-state index contributed by atoms with van der Waals surface area (Å²) in [5.74, 6) is -1.70. The van der Waals surface area contributed by atoms with Gasteiger partial charge in [0.1, 0.15) is 30.0 Å². The lowest BCUT2D eigenvalue weighted by Crippen LogP contribution is -2.50. The third-order valence-electron chi connectivity index (χ3n) is 5.47. The highest BCUT2D eigenvalue weighted by Gasteiger charge is 2.27. The summed E-state index contributed by atoms with van der Waals surface area (Å²) in [6.45, 7) is 13.5. The van der Waals surface area contributed by atoms with E-state index in [1.165, 1.54) is 18.7 Å². The number of hydrogen-bond acceptors (Lipinski definition) is 9. The molecule has 2 amide bonds. The van der Waals surface area contributed by atoms with E-state index in [9.17, 15) is 24.0 Å². The van der Waals surface area contributed by atoms with E-state index in [2.05, 4.69) is 5.32 Å². The summed E-state index contributed by atoms with van der Waals surface area (Å²) in [6, 6.07) is 5.76. The van der Waals surface area contributed by atoms with Crippen LogP contribution in [0.15, 0.2) is 24.3 Å². The van der Waals surface area contributed by atoms with Crippen molar-refractivity contribution in [3.63, 3.8) is 0 Å². The first-order chi connectivity index (χ1) is 18.9. The van der Waals surface area contributed by atoms with Crippen LogP contribution in [0.4, 0.5) is 4.79 Å². The molecule has 230 valence electrons. The maximum Gasteiger partial charge on any atom is 0.408 e. The van der Waals surface area contributed by atoms with Crippen LogP contribution in [0.1, 0.15) is 90.6 Å². The Morgan fingerprint density at radius 1 is 0.854 bits per heavy atom. The van der Waals surface area contributed by atoms with E-state index in [1.807, 2.05) is 0 Å². The molecule has 0 aromatic heterocycles. The van der Waals surface area contributed by atoms with Gasteiger partial charge in [-0.2, -0.15) is 0 Å². The molecule has 11 nitrogen and oxygen atoms in total. The Kier molecular flexibility index (Phi) is 13.8. The molecule has 1 aromatic carbocycles. The molecule has 2 unspecified atom stereocenters. The number of rotatable bonds is 13. The third kappa shape index (κ3) is 15.7. The summed E-state index contributed by atoms with van der Waals surface area (Å²) in [5, 5.41) is 2.68. The monoisotopic (exact) mass is 578 g/mol. The van der Waals surface area contributed by atoms with Crippen LogP contribution in [0.5, 0.6) is 0 Å². The van der Waals surface area contributed by atoms with Gasteiger partial charge in [-0.15, -0.1) is 0 Å². The SMILES string of the molecule is CC(=O)OCC(CCCCN(C)C(=O)C(Cc1ccc(C(=O)OC(C)(C)C)cc1)NC(=O)OC(C)(C)C)OC(C)=O. The van der Waals surface area contributed by atoms with Crippen molar-refractivity contribution in [2.45, 2.75) is 104 Å². The van der Waals surface area contributed by atoms with Crippen molar-refractivity contribution >= 4 is 29.9 Å².